The fourth-order valence-electron chi connectivity index (χ4n) is 5.82. The number of nitrogens with one attached hydrogen (secondary N) is 1. The third-order valence-corrected chi connectivity index (χ3v) is 12.7. The zero-order valence-electron chi connectivity index (χ0n) is 26.3. The second kappa shape index (κ2) is 18.0. The lowest BCUT2D eigenvalue weighted by molar-refractivity contribution is -0.116. The molecule has 44 heavy (non-hydrogen) atoms. The Morgan fingerprint density at radius 2 is 1.09 bits per heavy atom. The summed E-state index contributed by atoms with van der Waals surface area (Å²) in [6, 6.07) is 39.2. The lowest BCUT2D eigenvalue weighted by atomic mass is 10.1. The van der Waals surface area contributed by atoms with Gasteiger partial charge in [0.1, 0.15) is 23.2 Å². The maximum atomic E-state index is 12.2. The Balaban J connectivity index is 1.16. The molecule has 0 unspecified atom stereocenters. The first-order chi connectivity index (χ1) is 21.7. The van der Waals surface area contributed by atoms with E-state index in [-0.39, 0.29) is 5.91 Å². The molecule has 0 aliphatic carbocycles. The van der Waals surface area contributed by atoms with Crippen LogP contribution in [0, 0.1) is 0 Å². The molecule has 0 aromatic heterocycles. The first kappa shape index (κ1) is 33.0. The van der Waals surface area contributed by atoms with E-state index in [9.17, 15) is 4.79 Å². The van der Waals surface area contributed by atoms with Gasteiger partial charge in [-0.1, -0.05) is 92.8 Å². The lowest BCUT2D eigenvalue weighted by Crippen LogP contribution is -2.33. The van der Waals surface area contributed by atoms with Crippen LogP contribution in [0.4, 0.5) is 0 Å². The molecule has 5 heteroatoms. The van der Waals surface area contributed by atoms with Crippen LogP contribution in [0.25, 0.3) is 6.08 Å². The van der Waals surface area contributed by atoms with Crippen LogP contribution in [0.5, 0.6) is 11.5 Å². The van der Waals surface area contributed by atoms with E-state index in [1.165, 1.54) is 60.6 Å². The predicted octanol–water partition coefficient (Wildman–Crippen LogP) is 7.95. The molecular formula is C39H47NO3P+. The van der Waals surface area contributed by atoms with Gasteiger partial charge in [0.2, 0.25) is 5.91 Å². The van der Waals surface area contributed by atoms with Gasteiger partial charge in [-0.15, -0.1) is 0 Å². The smallest absolute Gasteiger partial charge is 0.243 e. The third kappa shape index (κ3) is 9.31. The van der Waals surface area contributed by atoms with Gasteiger partial charge in [0, 0.05) is 12.6 Å². The second-order valence-electron chi connectivity index (χ2n) is 11.1. The summed E-state index contributed by atoms with van der Waals surface area (Å²) in [4.78, 5) is 12.2. The SMILES string of the molecule is COc1ccc(/C=C/C(=O)NCCCCCCCCCC[P+](c2ccccc2)(c2ccccc2)c2ccccc2)cc1OC. The van der Waals surface area contributed by atoms with E-state index in [4.69, 9.17) is 9.47 Å². The van der Waals surface area contributed by atoms with Crippen molar-refractivity contribution in [1.82, 2.24) is 5.32 Å². The first-order valence-corrected chi connectivity index (χ1v) is 17.9. The van der Waals surface area contributed by atoms with Crippen LogP contribution < -0.4 is 30.7 Å². The molecule has 0 fully saturated rings. The molecule has 4 nitrogen and oxygen atoms in total. The van der Waals surface area contributed by atoms with Crippen molar-refractivity contribution >= 4 is 35.2 Å². The maximum absolute atomic E-state index is 12.2. The number of rotatable bonds is 18. The van der Waals surface area contributed by atoms with Crippen molar-refractivity contribution in [2.75, 3.05) is 26.9 Å². The van der Waals surface area contributed by atoms with Gasteiger partial charge < -0.3 is 14.8 Å². The molecule has 0 radical (unpaired) electrons. The highest BCUT2D eigenvalue weighted by molar-refractivity contribution is 7.95. The zero-order chi connectivity index (χ0) is 30.9. The molecule has 4 rings (SSSR count). The molecule has 0 saturated heterocycles. The van der Waals surface area contributed by atoms with Gasteiger partial charge in [-0.2, -0.15) is 0 Å². The van der Waals surface area contributed by atoms with Gasteiger partial charge in [0.05, 0.1) is 20.4 Å². The van der Waals surface area contributed by atoms with Gasteiger partial charge in [0.15, 0.2) is 11.5 Å². The minimum absolute atomic E-state index is 0.0693. The number of ether oxygens (including phenoxy) is 2. The van der Waals surface area contributed by atoms with E-state index in [0.29, 0.717) is 18.0 Å². The monoisotopic (exact) mass is 608 g/mol. The summed E-state index contributed by atoms with van der Waals surface area (Å²) in [5.41, 5.74) is 0.894. The van der Waals surface area contributed by atoms with Crippen molar-refractivity contribution < 1.29 is 14.3 Å². The minimum Gasteiger partial charge on any atom is -0.493 e. The molecule has 0 spiro atoms. The number of unbranched alkanes of at least 4 members (excludes halogenated alkanes) is 7. The molecule has 4 aromatic rings. The highest BCUT2D eigenvalue weighted by Crippen LogP contribution is 2.56. The van der Waals surface area contributed by atoms with Crippen LogP contribution in [0.15, 0.2) is 115 Å². The number of hydrogen-bond donors (Lipinski definition) is 1. The van der Waals surface area contributed by atoms with Crippen LogP contribution in [0.2, 0.25) is 0 Å². The lowest BCUT2D eigenvalue weighted by Gasteiger charge is -2.27. The number of methoxy groups -OCH3 is 2. The van der Waals surface area contributed by atoms with Gasteiger partial charge >= 0.3 is 0 Å². The fraction of sp³-hybridized carbons (Fsp3) is 0.308. The Labute approximate surface area is 264 Å². The van der Waals surface area contributed by atoms with Crippen LogP contribution in [0.3, 0.4) is 0 Å². The van der Waals surface area contributed by atoms with Crippen LogP contribution in [-0.4, -0.2) is 32.8 Å². The zero-order valence-corrected chi connectivity index (χ0v) is 27.2. The highest BCUT2D eigenvalue weighted by atomic mass is 31.2. The van der Waals surface area contributed by atoms with E-state index in [1.807, 2.05) is 18.2 Å². The molecule has 0 saturated carbocycles. The van der Waals surface area contributed by atoms with Crippen molar-refractivity contribution in [3.63, 3.8) is 0 Å². The Hall–Kier alpha value is -3.88. The quantitative estimate of drug-likeness (QED) is 0.0709. The Morgan fingerprint density at radius 3 is 1.59 bits per heavy atom. The van der Waals surface area contributed by atoms with E-state index < -0.39 is 7.26 Å². The maximum Gasteiger partial charge on any atom is 0.243 e. The molecule has 1 amide bonds. The molecule has 4 aromatic carbocycles. The largest absolute Gasteiger partial charge is 0.493 e. The summed E-state index contributed by atoms with van der Waals surface area (Å²) in [7, 11) is 1.50. The molecular weight excluding hydrogens is 561 g/mol. The summed E-state index contributed by atoms with van der Waals surface area (Å²) in [5.74, 6) is 1.25. The molecule has 0 aliphatic rings. The molecule has 0 heterocycles. The normalized spacial score (nSPS) is 11.4. The minimum atomic E-state index is -1.72. The predicted molar refractivity (Wildman–Crippen MR) is 189 cm³/mol. The summed E-state index contributed by atoms with van der Waals surface area (Å²) in [5, 5.41) is 7.42. The second-order valence-corrected chi connectivity index (χ2v) is 14.7. The Bertz CT molecular complexity index is 1330. The van der Waals surface area contributed by atoms with Crippen LogP contribution >= 0.6 is 7.26 Å². The van der Waals surface area contributed by atoms with E-state index in [0.717, 1.165) is 18.4 Å². The Kier molecular flexibility index (Phi) is 13.5. The van der Waals surface area contributed by atoms with E-state index in [1.54, 1.807) is 26.4 Å². The standard InChI is InChI=1S/C39H46NO3P/c1-42-37-28-26-33(32-38(37)43-2)27-29-39(41)40-30-18-7-5-3-4-6-8-19-31-44(34-20-12-9-13-21-34,35-22-14-10-15-23-35)36-24-16-11-17-25-36/h9-17,20-29,32H,3-8,18-19,30-31H2,1-2H3/p+1/b29-27+. The van der Waals surface area contributed by atoms with Crippen molar-refractivity contribution in [2.45, 2.75) is 51.4 Å². The number of carbonyl (C=O) groups is 1. The van der Waals surface area contributed by atoms with Crippen molar-refractivity contribution in [3.05, 3.63) is 121 Å². The molecule has 0 atom stereocenters. The van der Waals surface area contributed by atoms with E-state index in [2.05, 4.69) is 96.3 Å². The number of amides is 1. The summed E-state index contributed by atoms with van der Waals surface area (Å²) >= 11 is 0. The fourth-order valence-corrected chi connectivity index (χ4v) is 10.2. The van der Waals surface area contributed by atoms with Crippen molar-refractivity contribution in [1.29, 1.82) is 0 Å². The van der Waals surface area contributed by atoms with Gasteiger partial charge in [0.25, 0.3) is 0 Å². The Morgan fingerprint density at radius 1 is 0.614 bits per heavy atom. The van der Waals surface area contributed by atoms with Gasteiger partial charge in [-0.3, -0.25) is 4.79 Å². The topological polar surface area (TPSA) is 47.6 Å². The molecule has 0 bridgehead atoms. The van der Waals surface area contributed by atoms with Crippen LogP contribution in [0.1, 0.15) is 56.9 Å². The van der Waals surface area contributed by atoms with Gasteiger partial charge in [-0.25, -0.2) is 0 Å². The van der Waals surface area contributed by atoms with Crippen molar-refractivity contribution in [3.8, 4) is 11.5 Å². The average Bonchev–Trinajstić information content (AvgIpc) is 3.09. The summed E-state index contributed by atoms with van der Waals surface area (Å²) in [6.07, 6.45) is 14.2. The molecule has 230 valence electrons. The number of hydrogen-bond acceptors (Lipinski definition) is 3. The number of benzene rings is 4. The first-order valence-electron chi connectivity index (χ1n) is 15.9. The number of carbonyl (C=O) groups excluding carboxylic acids is 1. The third-order valence-electron chi connectivity index (χ3n) is 8.15. The summed E-state index contributed by atoms with van der Waals surface area (Å²) in [6.45, 7) is 0.708. The van der Waals surface area contributed by atoms with E-state index >= 15 is 0 Å². The van der Waals surface area contributed by atoms with Gasteiger partial charge in [-0.05, 0) is 79.4 Å². The van der Waals surface area contributed by atoms with Crippen LogP contribution in [-0.2, 0) is 4.79 Å². The molecule has 0 aliphatic heterocycles. The highest BCUT2D eigenvalue weighted by Gasteiger charge is 2.44. The van der Waals surface area contributed by atoms with Crippen molar-refractivity contribution in [2.24, 2.45) is 0 Å². The molecule has 1 N–H and O–H groups in total. The average molecular weight is 609 g/mol. The summed E-state index contributed by atoms with van der Waals surface area (Å²) < 4.78 is 10.6.